The minimum atomic E-state index is -3.85. The zero-order valence-corrected chi connectivity index (χ0v) is 15.5. The number of hydrogen-bond acceptors (Lipinski definition) is 6. The number of hydrogen-bond donors (Lipinski definition) is 2. The standard InChI is InChI=1S/C17H22N2O6S/c1-17(15(20)18-22,26(2,23)24)9-14-10-19(16(21)25-14)13-7-5-12(6-8-13)11-3-4-11/h5-8,11,14,22H,3-4,9-10H2,1-2H3,(H,18,20). The number of cyclic esters (lactones) is 1. The zero-order chi connectivity index (χ0) is 19.1. The van der Waals surface area contributed by atoms with Gasteiger partial charge in [0.25, 0.3) is 5.91 Å². The Hall–Kier alpha value is -2.13. The molecule has 1 aromatic rings. The van der Waals surface area contributed by atoms with Gasteiger partial charge < -0.3 is 4.74 Å². The van der Waals surface area contributed by atoms with Crippen molar-refractivity contribution in [3.05, 3.63) is 29.8 Å². The van der Waals surface area contributed by atoms with Crippen LogP contribution in [0, 0.1) is 0 Å². The molecule has 1 saturated carbocycles. The van der Waals surface area contributed by atoms with E-state index in [4.69, 9.17) is 9.94 Å². The molecule has 0 bridgehead atoms. The van der Waals surface area contributed by atoms with Crippen LogP contribution in [0.25, 0.3) is 0 Å². The first kappa shape index (κ1) is 18.7. The fourth-order valence-electron chi connectivity index (χ4n) is 3.15. The molecule has 2 fully saturated rings. The van der Waals surface area contributed by atoms with Crippen LogP contribution in [0.4, 0.5) is 10.5 Å². The summed E-state index contributed by atoms with van der Waals surface area (Å²) >= 11 is 0. The van der Waals surface area contributed by atoms with Crippen LogP contribution < -0.4 is 10.4 Å². The minimum Gasteiger partial charge on any atom is -0.444 e. The van der Waals surface area contributed by atoms with E-state index in [0.717, 1.165) is 6.26 Å². The Kier molecular flexibility index (Phi) is 4.70. The van der Waals surface area contributed by atoms with Gasteiger partial charge in [-0.3, -0.25) is 14.9 Å². The molecule has 0 spiro atoms. The summed E-state index contributed by atoms with van der Waals surface area (Å²) in [6.45, 7) is 1.33. The van der Waals surface area contributed by atoms with Crippen LogP contribution in [-0.2, 0) is 19.4 Å². The number of benzene rings is 1. The van der Waals surface area contributed by atoms with Crippen molar-refractivity contribution >= 4 is 27.5 Å². The molecule has 26 heavy (non-hydrogen) atoms. The summed E-state index contributed by atoms with van der Waals surface area (Å²) in [4.78, 5) is 25.5. The molecular formula is C17H22N2O6S. The lowest BCUT2D eigenvalue weighted by atomic mass is 10.0. The number of nitrogens with zero attached hydrogens (tertiary/aromatic N) is 1. The van der Waals surface area contributed by atoms with Gasteiger partial charge in [0.15, 0.2) is 14.6 Å². The van der Waals surface area contributed by atoms with Crippen molar-refractivity contribution < 1.29 is 28.0 Å². The van der Waals surface area contributed by atoms with Crippen LogP contribution in [0.5, 0.6) is 0 Å². The van der Waals surface area contributed by atoms with E-state index in [0.29, 0.717) is 11.6 Å². The average molecular weight is 382 g/mol. The molecule has 2 atom stereocenters. The van der Waals surface area contributed by atoms with Gasteiger partial charge in [-0.1, -0.05) is 12.1 Å². The van der Waals surface area contributed by atoms with E-state index < -0.39 is 32.7 Å². The molecule has 8 nitrogen and oxygen atoms in total. The molecule has 2 unspecified atom stereocenters. The fraction of sp³-hybridized carbons (Fsp3) is 0.529. The van der Waals surface area contributed by atoms with Crippen molar-refractivity contribution in [2.45, 2.75) is 43.0 Å². The highest BCUT2D eigenvalue weighted by Gasteiger charge is 2.48. The van der Waals surface area contributed by atoms with Gasteiger partial charge in [-0.2, -0.15) is 0 Å². The van der Waals surface area contributed by atoms with Gasteiger partial charge >= 0.3 is 6.09 Å². The zero-order valence-electron chi connectivity index (χ0n) is 14.6. The third-order valence-electron chi connectivity index (χ3n) is 5.15. The molecule has 1 saturated heterocycles. The second-order valence-corrected chi connectivity index (χ2v) is 9.58. The first-order valence-electron chi connectivity index (χ1n) is 8.38. The molecule has 0 aromatic heterocycles. The Labute approximate surface area is 152 Å². The number of nitrogens with one attached hydrogen (secondary N) is 1. The van der Waals surface area contributed by atoms with E-state index in [2.05, 4.69) is 0 Å². The molecule has 0 radical (unpaired) electrons. The third-order valence-corrected chi connectivity index (χ3v) is 7.13. The minimum absolute atomic E-state index is 0.130. The SMILES string of the molecule is CC(CC1CN(c2ccc(C3CC3)cc2)C(=O)O1)(C(=O)NO)S(C)(=O)=O. The van der Waals surface area contributed by atoms with Crippen molar-refractivity contribution in [2.24, 2.45) is 0 Å². The summed E-state index contributed by atoms with van der Waals surface area (Å²) in [5.74, 6) is -0.446. The monoisotopic (exact) mass is 382 g/mol. The molecule has 2 aliphatic rings. The second kappa shape index (κ2) is 6.55. The highest BCUT2D eigenvalue weighted by atomic mass is 32.2. The number of carbonyl (C=O) groups excluding carboxylic acids is 2. The van der Waals surface area contributed by atoms with Crippen LogP contribution in [0.1, 0.15) is 37.7 Å². The normalized spacial score (nSPS) is 22.7. The van der Waals surface area contributed by atoms with Crippen molar-refractivity contribution in [1.82, 2.24) is 5.48 Å². The molecule has 9 heteroatoms. The number of amides is 2. The lowest BCUT2D eigenvalue weighted by Gasteiger charge is -2.26. The molecule has 3 rings (SSSR count). The topological polar surface area (TPSA) is 113 Å². The maximum atomic E-state index is 12.2. The van der Waals surface area contributed by atoms with E-state index in [1.807, 2.05) is 24.3 Å². The molecule has 2 N–H and O–H groups in total. The van der Waals surface area contributed by atoms with Gasteiger partial charge in [-0.05, 0) is 43.4 Å². The Morgan fingerprint density at radius 1 is 1.35 bits per heavy atom. The summed E-state index contributed by atoms with van der Waals surface area (Å²) in [5.41, 5.74) is 3.29. The third kappa shape index (κ3) is 3.41. The summed E-state index contributed by atoms with van der Waals surface area (Å²) in [6.07, 6.45) is 1.65. The largest absolute Gasteiger partial charge is 0.444 e. The number of carbonyl (C=O) groups is 2. The first-order chi connectivity index (χ1) is 12.2. The fourth-order valence-corrected chi connectivity index (χ4v) is 4.02. The number of anilines is 1. The van der Waals surface area contributed by atoms with Gasteiger partial charge in [0.2, 0.25) is 0 Å². The Bertz CT molecular complexity index is 818. The summed E-state index contributed by atoms with van der Waals surface area (Å²) < 4.78 is 27.5. The van der Waals surface area contributed by atoms with E-state index in [1.165, 1.54) is 35.7 Å². The van der Waals surface area contributed by atoms with E-state index in [9.17, 15) is 18.0 Å². The summed E-state index contributed by atoms with van der Waals surface area (Å²) in [5, 5.41) is 8.88. The number of hydroxylamine groups is 1. The Morgan fingerprint density at radius 3 is 2.46 bits per heavy atom. The van der Waals surface area contributed by atoms with Crippen molar-refractivity contribution in [3.8, 4) is 0 Å². The number of rotatable bonds is 6. The van der Waals surface area contributed by atoms with Crippen LogP contribution in [0.2, 0.25) is 0 Å². The quantitative estimate of drug-likeness (QED) is 0.571. The molecular weight excluding hydrogens is 360 g/mol. The van der Waals surface area contributed by atoms with Gasteiger partial charge in [-0.15, -0.1) is 0 Å². The highest BCUT2D eigenvalue weighted by Crippen LogP contribution is 2.40. The second-order valence-electron chi connectivity index (χ2n) is 7.13. The maximum absolute atomic E-state index is 12.2. The van der Waals surface area contributed by atoms with Gasteiger partial charge in [0.05, 0.1) is 6.54 Å². The van der Waals surface area contributed by atoms with Crippen LogP contribution >= 0.6 is 0 Å². The summed E-state index contributed by atoms with van der Waals surface area (Å²) in [6, 6.07) is 7.64. The predicted molar refractivity (Wildman–Crippen MR) is 93.8 cm³/mol. The molecule has 1 aliphatic heterocycles. The Balaban J connectivity index is 1.75. The number of sulfone groups is 1. The van der Waals surface area contributed by atoms with Gasteiger partial charge in [0.1, 0.15) is 6.10 Å². The number of ether oxygens (including phenoxy) is 1. The molecule has 1 aromatic carbocycles. The maximum Gasteiger partial charge on any atom is 0.414 e. The van der Waals surface area contributed by atoms with Crippen molar-refractivity contribution in [2.75, 3.05) is 17.7 Å². The van der Waals surface area contributed by atoms with Crippen LogP contribution in [0.15, 0.2) is 24.3 Å². The Morgan fingerprint density at radius 2 is 1.96 bits per heavy atom. The lowest BCUT2D eigenvalue weighted by molar-refractivity contribution is -0.132. The van der Waals surface area contributed by atoms with Crippen LogP contribution in [-0.4, -0.2) is 49.3 Å². The van der Waals surface area contributed by atoms with E-state index >= 15 is 0 Å². The van der Waals surface area contributed by atoms with Crippen molar-refractivity contribution in [1.29, 1.82) is 0 Å². The summed E-state index contributed by atoms with van der Waals surface area (Å²) in [7, 11) is -3.85. The van der Waals surface area contributed by atoms with Crippen LogP contribution in [0.3, 0.4) is 0 Å². The lowest BCUT2D eigenvalue weighted by Crippen LogP contribution is -2.51. The molecule has 2 amide bonds. The van der Waals surface area contributed by atoms with Gasteiger partial charge in [-0.25, -0.2) is 18.7 Å². The smallest absolute Gasteiger partial charge is 0.414 e. The van der Waals surface area contributed by atoms with Gasteiger partial charge in [0, 0.05) is 18.4 Å². The molecule has 1 aliphatic carbocycles. The first-order valence-corrected chi connectivity index (χ1v) is 10.3. The molecule has 1 heterocycles. The van der Waals surface area contributed by atoms with E-state index in [1.54, 1.807) is 0 Å². The van der Waals surface area contributed by atoms with Crippen molar-refractivity contribution in [3.63, 3.8) is 0 Å². The predicted octanol–water partition coefficient (Wildman–Crippen LogP) is 1.59. The highest BCUT2D eigenvalue weighted by molar-refractivity contribution is 7.92. The van der Waals surface area contributed by atoms with E-state index in [-0.39, 0.29) is 13.0 Å². The average Bonchev–Trinajstić information content (AvgIpc) is 3.37. The molecule has 142 valence electrons.